The van der Waals surface area contributed by atoms with Gasteiger partial charge in [-0.25, -0.2) is 4.98 Å². The molecule has 1 saturated carbocycles. The fourth-order valence-electron chi connectivity index (χ4n) is 3.73. The molecule has 1 aliphatic rings. The van der Waals surface area contributed by atoms with Gasteiger partial charge in [-0.15, -0.1) is 11.3 Å². The summed E-state index contributed by atoms with van der Waals surface area (Å²) in [6.45, 7) is 4.63. The van der Waals surface area contributed by atoms with Gasteiger partial charge in [-0.3, -0.25) is 4.79 Å². The van der Waals surface area contributed by atoms with Gasteiger partial charge < -0.3 is 10.4 Å². The van der Waals surface area contributed by atoms with E-state index in [0.717, 1.165) is 34.0 Å². The highest BCUT2D eigenvalue weighted by atomic mass is 32.1. The van der Waals surface area contributed by atoms with Gasteiger partial charge in [-0.05, 0) is 48.1 Å². The van der Waals surface area contributed by atoms with Crippen molar-refractivity contribution in [2.75, 3.05) is 5.32 Å². The van der Waals surface area contributed by atoms with E-state index < -0.39 is 17.7 Å². The van der Waals surface area contributed by atoms with Gasteiger partial charge in [-0.1, -0.05) is 38.1 Å². The van der Waals surface area contributed by atoms with E-state index in [1.807, 2.05) is 38.1 Å². The number of hydrogen-bond acceptors (Lipinski definition) is 4. The van der Waals surface area contributed by atoms with Crippen molar-refractivity contribution < 1.29 is 23.1 Å². The Balaban J connectivity index is 1.47. The Labute approximate surface area is 188 Å². The number of anilines is 1. The van der Waals surface area contributed by atoms with Crippen molar-refractivity contribution in [2.45, 2.75) is 44.8 Å². The number of hydrogen-bond donors (Lipinski definition) is 2. The van der Waals surface area contributed by atoms with Gasteiger partial charge in [0, 0.05) is 16.1 Å². The van der Waals surface area contributed by atoms with Crippen LogP contribution in [0.2, 0.25) is 0 Å². The number of carbonyl (C=O) groups is 1. The second kappa shape index (κ2) is 8.58. The number of alkyl halides is 3. The summed E-state index contributed by atoms with van der Waals surface area (Å²) in [7, 11) is 0. The predicted octanol–water partition coefficient (Wildman–Crippen LogP) is 6.75. The quantitative estimate of drug-likeness (QED) is 0.409. The van der Waals surface area contributed by atoms with Gasteiger partial charge in [0.05, 0.1) is 23.7 Å². The monoisotopic (exact) mass is 460 g/mol. The molecule has 168 valence electrons. The van der Waals surface area contributed by atoms with Crippen LogP contribution in [0.15, 0.2) is 48.5 Å². The lowest BCUT2D eigenvalue weighted by molar-refractivity contribution is -0.139. The molecule has 32 heavy (non-hydrogen) atoms. The number of nitrogens with zero attached hydrogens (tertiary/aromatic N) is 1. The Bertz CT molecular complexity index is 1110. The minimum absolute atomic E-state index is 0.0990. The maximum atomic E-state index is 12.8. The molecule has 0 amide bonds. The number of carboxylic acid groups (broad SMARTS) is 1. The van der Waals surface area contributed by atoms with E-state index in [-0.39, 0.29) is 17.8 Å². The number of benzene rings is 2. The smallest absolute Gasteiger partial charge is 0.416 e. The summed E-state index contributed by atoms with van der Waals surface area (Å²) in [4.78, 5) is 16.8. The van der Waals surface area contributed by atoms with E-state index in [1.165, 1.54) is 23.5 Å². The van der Waals surface area contributed by atoms with Crippen LogP contribution in [-0.2, 0) is 17.5 Å². The fourth-order valence-corrected chi connectivity index (χ4v) is 4.89. The van der Waals surface area contributed by atoms with Crippen LogP contribution in [-0.4, -0.2) is 16.1 Å². The van der Waals surface area contributed by atoms with Gasteiger partial charge in [0.2, 0.25) is 0 Å². The summed E-state index contributed by atoms with van der Waals surface area (Å²) in [5.41, 5.74) is 2.87. The number of aliphatic carboxylic acids is 1. The Hall–Kier alpha value is -2.87. The van der Waals surface area contributed by atoms with Crippen molar-refractivity contribution in [3.8, 4) is 10.6 Å². The van der Waals surface area contributed by atoms with Crippen LogP contribution in [0, 0.1) is 5.92 Å². The molecule has 3 aromatic rings. The predicted molar refractivity (Wildman–Crippen MR) is 119 cm³/mol. The van der Waals surface area contributed by atoms with E-state index in [1.54, 1.807) is 0 Å². The molecule has 2 aromatic carbocycles. The molecule has 0 spiro atoms. The zero-order valence-corrected chi connectivity index (χ0v) is 18.4. The maximum Gasteiger partial charge on any atom is 0.416 e. The largest absolute Gasteiger partial charge is 0.481 e. The zero-order valence-electron chi connectivity index (χ0n) is 17.6. The van der Waals surface area contributed by atoms with E-state index in [4.69, 9.17) is 10.1 Å². The zero-order chi connectivity index (χ0) is 23.0. The number of thiazole rings is 1. The average Bonchev–Trinajstić information content (AvgIpc) is 3.44. The molecule has 4 nitrogen and oxygen atoms in total. The molecule has 2 unspecified atom stereocenters. The first-order valence-electron chi connectivity index (χ1n) is 10.4. The highest BCUT2D eigenvalue weighted by Gasteiger charge is 2.44. The molecule has 0 radical (unpaired) electrons. The third kappa shape index (κ3) is 4.80. The van der Waals surface area contributed by atoms with Crippen molar-refractivity contribution >= 4 is 23.0 Å². The second-order valence-electron chi connectivity index (χ2n) is 8.32. The van der Waals surface area contributed by atoms with Crippen molar-refractivity contribution in [3.05, 3.63) is 70.2 Å². The first kappa shape index (κ1) is 22.3. The summed E-state index contributed by atoms with van der Waals surface area (Å²) >= 11 is 1.47. The molecular weight excluding hydrogens is 437 g/mol. The highest BCUT2D eigenvalue weighted by molar-refractivity contribution is 7.15. The van der Waals surface area contributed by atoms with Gasteiger partial charge in [0.25, 0.3) is 0 Å². The lowest BCUT2D eigenvalue weighted by Gasteiger charge is -2.09. The average molecular weight is 461 g/mol. The number of halogens is 3. The van der Waals surface area contributed by atoms with Crippen LogP contribution in [0.4, 0.5) is 18.9 Å². The Morgan fingerprint density at radius 3 is 2.34 bits per heavy atom. The van der Waals surface area contributed by atoms with Crippen molar-refractivity contribution in [3.63, 3.8) is 0 Å². The highest BCUT2D eigenvalue weighted by Crippen LogP contribution is 2.47. The lowest BCUT2D eigenvalue weighted by atomic mass is 10.1. The minimum Gasteiger partial charge on any atom is -0.481 e. The summed E-state index contributed by atoms with van der Waals surface area (Å²) in [5.74, 6) is -0.742. The molecular formula is C24H23F3N2O2S. The number of nitrogens with one attached hydrogen (secondary N) is 1. The summed E-state index contributed by atoms with van der Waals surface area (Å²) < 4.78 is 38.5. The Morgan fingerprint density at radius 1 is 1.16 bits per heavy atom. The molecule has 2 atom stereocenters. The van der Waals surface area contributed by atoms with Crippen molar-refractivity contribution in [1.82, 2.24) is 4.98 Å². The van der Waals surface area contributed by atoms with Crippen LogP contribution >= 0.6 is 11.3 Å². The Morgan fingerprint density at radius 2 is 1.81 bits per heavy atom. The Kier molecular flexibility index (Phi) is 5.99. The topological polar surface area (TPSA) is 62.2 Å². The van der Waals surface area contributed by atoms with Crippen molar-refractivity contribution in [1.29, 1.82) is 0 Å². The fraction of sp³-hybridized carbons (Fsp3) is 0.333. The molecule has 2 N–H and O–H groups in total. The molecule has 1 heterocycles. The molecule has 0 aliphatic heterocycles. The lowest BCUT2D eigenvalue weighted by Crippen LogP contribution is -2.03. The van der Waals surface area contributed by atoms with Crippen LogP contribution < -0.4 is 5.32 Å². The summed E-state index contributed by atoms with van der Waals surface area (Å²) in [5, 5.41) is 13.2. The van der Waals surface area contributed by atoms with Gasteiger partial charge in [-0.2, -0.15) is 13.2 Å². The van der Waals surface area contributed by atoms with Crippen LogP contribution in [0.25, 0.3) is 10.6 Å². The van der Waals surface area contributed by atoms with Gasteiger partial charge in [0.1, 0.15) is 5.01 Å². The number of carboxylic acids is 1. The number of rotatable bonds is 7. The third-order valence-electron chi connectivity index (χ3n) is 5.63. The molecule has 1 aliphatic carbocycles. The van der Waals surface area contributed by atoms with E-state index in [2.05, 4.69) is 5.32 Å². The van der Waals surface area contributed by atoms with Crippen LogP contribution in [0.3, 0.4) is 0 Å². The standard InChI is InChI=1S/C24H23F3N2O2S/c1-13(2)21-20(32-22(29-21)15-3-7-16(8-4-15)24(25,26)27)12-28-17-9-5-14(6-10-17)18-11-19(18)23(30)31/h3-10,13,18-19,28H,11-12H2,1-2H3,(H,30,31). The summed E-state index contributed by atoms with van der Waals surface area (Å²) in [6, 6.07) is 12.9. The first-order valence-corrected chi connectivity index (χ1v) is 11.2. The normalized spacial score (nSPS) is 18.1. The van der Waals surface area contributed by atoms with Gasteiger partial charge >= 0.3 is 12.1 Å². The second-order valence-corrected chi connectivity index (χ2v) is 9.40. The molecule has 1 aromatic heterocycles. The van der Waals surface area contributed by atoms with Crippen LogP contribution in [0.5, 0.6) is 0 Å². The minimum atomic E-state index is -4.36. The third-order valence-corrected chi connectivity index (χ3v) is 6.75. The molecule has 8 heteroatoms. The molecule has 0 saturated heterocycles. The molecule has 0 bridgehead atoms. The SMILES string of the molecule is CC(C)c1nc(-c2ccc(C(F)(F)F)cc2)sc1CNc1ccc(C2CC2C(=O)O)cc1. The van der Waals surface area contributed by atoms with Gasteiger partial charge in [0.15, 0.2) is 0 Å². The first-order chi connectivity index (χ1) is 15.1. The maximum absolute atomic E-state index is 12.8. The molecule has 4 rings (SSSR count). The molecule has 1 fully saturated rings. The van der Waals surface area contributed by atoms with Crippen molar-refractivity contribution in [2.24, 2.45) is 5.92 Å². The van der Waals surface area contributed by atoms with E-state index in [9.17, 15) is 18.0 Å². The summed E-state index contributed by atoms with van der Waals surface area (Å²) in [6.07, 6.45) is -3.67. The van der Waals surface area contributed by atoms with Crippen LogP contribution in [0.1, 0.15) is 53.8 Å². The van der Waals surface area contributed by atoms with E-state index in [0.29, 0.717) is 23.5 Å². The number of aromatic nitrogens is 1. The van der Waals surface area contributed by atoms with E-state index >= 15 is 0 Å².